The van der Waals surface area contributed by atoms with Crippen molar-refractivity contribution in [2.75, 3.05) is 0 Å². The molecule has 4 nitrogen and oxygen atoms in total. The summed E-state index contributed by atoms with van der Waals surface area (Å²) < 4.78 is 0. The maximum Gasteiger partial charge on any atom is 0.222 e. The van der Waals surface area contributed by atoms with E-state index in [0.29, 0.717) is 18.8 Å². The molecule has 4 bridgehead atoms. The van der Waals surface area contributed by atoms with E-state index in [1.165, 1.54) is 51.4 Å². The van der Waals surface area contributed by atoms with Crippen LogP contribution in [0.15, 0.2) is 0 Å². The Bertz CT molecular complexity index is 500. The second-order valence-corrected chi connectivity index (χ2v) is 10.0. The van der Waals surface area contributed by atoms with Gasteiger partial charge >= 0.3 is 0 Å². The number of hydrogen-bond donors (Lipinski definition) is 2. The van der Waals surface area contributed by atoms with Crippen LogP contribution in [0.5, 0.6) is 0 Å². The topological polar surface area (TPSA) is 58.2 Å². The molecule has 5 rings (SSSR count). The van der Waals surface area contributed by atoms with Crippen LogP contribution in [-0.4, -0.2) is 22.9 Å². The van der Waals surface area contributed by atoms with Gasteiger partial charge in [-0.25, -0.2) is 0 Å². The first-order valence-electron chi connectivity index (χ1n) is 9.93. The molecule has 5 saturated carbocycles. The highest BCUT2D eigenvalue weighted by atomic mass is 16.2. The Morgan fingerprint density at radius 3 is 2.00 bits per heavy atom. The largest absolute Gasteiger partial charge is 0.351 e. The van der Waals surface area contributed by atoms with Gasteiger partial charge in [0.1, 0.15) is 0 Å². The van der Waals surface area contributed by atoms with Crippen LogP contribution in [0.1, 0.15) is 78.1 Å². The van der Waals surface area contributed by atoms with Crippen LogP contribution < -0.4 is 10.6 Å². The molecule has 0 heterocycles. The molecule has 0 radical (unpaired) electrons. The van der Waals surface area contributed by atoms with Crippen LogP contribution in [0.3, 0.4) is 0 Å². The summed E-state index contributed by atoms with van der Waals surface area (Å²) >= 11 is 0. The maximum atomic E-state index is 12.7. The molecule has 4 heteroatoms. The summed E-state index contributed by atoms with van der Waals surface area (Å²) in [5, 5.41) is 6.48. The monoisotopic (exact) mass is 332 g/mol. The van der Waals surface area contributed by atoms with Crippen LogP contribution in [0.4, 0.5) is 0 Å². The zero-order chi connectivity index (χ0) is 16.9. The SMILES string of the molecule is CC(C)(CC(=O)NC12CC3CC(CC(C3)C1)C2)NC(=O)CC1CC1. The Hall–Kier alpha value is -1.06. The Labute approximate surface area is 145 Å². The van der Waals surface area contributed by atoms with E-state index in [-0.39, 0.29) is 17.4 Å². The molecule has 2 amide bonds. The fourth-order valence-corrected chi connectivity index (χ4v) is 6.06. The quantitative estimate of drug-likeness (QED) is 0.785. The number of hydrogen-bond acceptors (Lipinski definition) is 2. The van der Waals surface area contributed by atoms with Crippen molar-refractivity contribution in [3.05, 3.63) is 0 Å². The van der Waals surface area contributed by atoms with Gasteiger partial charge in [0.25, 0.3) is 0 Å². The smallest absolute Gasteiger partial charge is 0.222 e. The van der Waals surface area contributed by atoms with Crippen LogP contribution in [0, 0.1) is 23.7 Å². The summed E-state index contributed by atoms with van der Waals surface area (Å²) in [6, 6.07) is 0. The van der Waals surface area contributed by atoms with Gasteiger partial charge in [0.05, 0.1) is 0 Å². The molecule has 0 atom stereocenters. The van der Waals surface area contributed by atoms with E-state index in [0.717, 1.165) is 17.8 Å². The normalized spacial score (nSPS) is 37.3. The Balaban J connectivity index is 1.31. The summed E-state index contributed by atoms with van der Waals surface area (Å²) in [6.07, 6.45) is 11.1. The summed E-state index contributed by atoms with van der Waals surface area (Å²) in [5.74, 6) is 3.31. The second-order valence-electron chi connectivity index (χ2n) is 10.0. The van der Waals surface area contributed by atoms with Gasteiger partial charge in [-0.3, -0.25) is 9.59 Å². The third-order valence-corrected chi connectivity index (χ3v) is 6.69. The Morgan fingerprint density at radius 2 is 1.50 bits per heavy atom. The number of amides is 2. The fourth-order valence-electron chi connectivity index (χ4n) is 6.06. The second kappa shape index (κ2) is 5.74. The van der Waals surface area contributed by atoms with Gasteiger partial charge in [-0.05, 0) is 88.9 Å². The van der Waals surface area contributed by atoms with Gasteiger partial charge in [0, 0.05) is 23.9 Å². The van der Waals surface area contributed by atoms with E-state index in [1.54, 1.807) is 0 Å². The molecule has 5 fully saturated rings. The zero-order valence-electron chi connectivity index (χ0n) is 15.2. The van der Waals surface area contributed by atoms with Crippen LogP contribution in [0.25, 0.3) is 0 Å². The minimum Gasteiger partial charge on any atom is -0.351 e. The molecule has 2 N–H and O–H groups in total. The maximum absolute atomic E-state index is 12.7. The summed E-state index contributed by atoms with van der Waals surface area (Å²) in [5.41, 5.74) is -0.391. The molecule has 0 aromatic rings. The molecular formula is C20H32N2O2. The van der Waals surface area contributed by atoms with E-state index >= 15 is 0 Å². The molecule has 5 aliphatic carbocycles. The molecular weight excluding hydrogens is 300 g/mol. The first-order chi connectivity index (χ1) is 11.3. The van der Waals surface area contributed by atoms with Crippen molar-refractivity contribution in [1.29, 1.82) is 0 Å². The lowest BCUT2D eigenvalue weighted by Crippen LogP contribution is -2.60. The zero-order valence-corrected chi connectivity index (χ0v) is 15.2. The van der Waals surface area contributed by atoms with Gasteiger partial charge in [0.2, 0.25) is 11.8 Å². The highest BCUT2D eigenvalue weighted by Crippen LogP contribution is 2.55. The number of carbonyl (C=O) groups is 2. The van der Waals surface area contributed by atoms with E-state index in [2.05, 4.69) is 10.6 Å². The van der Waals surface area contributed by atoms with E-state index < -0.39 is 5.54 Å². The average molecular weight is 332 g/mol. The highest BCUT2D eigenvalue weighted by Gasteiger charge is 2.51. The summed E-state index contributed by atoms with van der Waals surface area (Å²) in [6.45, 7) is 3.94. The van der Waals surface area contributed by atoms with Crippen LogP contribution in [0.2, 0.25) is 0 Å². The molecule has 0 unspecified atom stereocenters. The van der Waals surface area contributed by atoms with E-state index in [4.69, 9.17) is 0 Å². The molecule has 0 aliphatic heterocycles. The summed E-state index contributed by atoms with van der Waals surface area (Å²) in [4.78, 5) is 24.8. The molecule has 134 valence electrons. The average Bonchev–Trinajstić information content (AvgIpc) is 3.17. The van der Waals surface area contributed by atoms with E-state index in [1.807, 2.05) is 13.8 Å². The molecule has 0 spiro atoms. The van der Waals surface area contributed by atoms with Crippen molar-refractivity contribution in [3.8, 4) is 0 Å². The van der Waals surface area contributed by atoms with Crippen LogP contribution >= 0.6 is 0 Å². The number of carbonyl (C=O) groups excluding carboxylic acids is 2. The lowest BCUT2D eigenvalue weighted by molar-refractivity contribution is -0.129. The van der Waals surface area contributed by atoms with Crippen molar-refractivity contribution in [2.24, 2.45) is 23.7 Å². The molecule has 5 aliphatic rings. The lowest BCUT2D eigenvalue weighted by atomic mass is 9.53. The minimum absolute atomic E-state index is 0.0694. The highest BCUT2D eigenvalue weighted by molar-refractivity contribution is 5.81. The van der Waals surface area contributed by atoms with Crippen molar-refractivity contribution in [1.82, 2.24) is 10.6 Å². The van der Waals surface area contributed by atoms with Gasteiger partial charge in [0.15, 0.2) is 0 Å². The molecule has 0 aromatic carbocycles. The predicted molar refractivity (Wildman–Crippen MR) is 93.2 cm³/mol. The van der Waals surface area contributed by atoms with Crippen molar-refractivity contribution in [3.63, 3.8) is 0 Å². The predicted octanol–water partition coefficient (Wildman–Crippen LogP) is 3.16. The molecule has 0 saturated heterocycles. The van der Waals surface area contributed by atoms with E-state index in [9.17, 15) is 9.59 Å². The van der Waals surface area contributed by atoms with Crippen molar-refractivity contribution >= 4 is 11.8 Å². The first-order valence-corrected chi connectivity index (χ1v) is 9.93. The van der Waals surface area contributed by atoms with Gasteiger partial charge in [-0.1, -0.05) is 0 Å². The van der Waals surface area contributed by atoms with Gasteiger partial charge in [-0.15, -0.1) is 0 Å². The Morgan fingerprint density at radius 1 is 0.958 bits per heavy atom. The third-order valence-electron chi connectivity index (χ3n) is 6.69. The first kappa shape index (κ1) is 16.4. The molecule has 0 aromatic heterocycles. The molecule has 24 heavy (non-hydrogen) atoms. The van der Waals surface area contributed by atoms with Crippen molar-refractivity contribution in [2.45, 2.75) is 89.1 Å². The third kappa shape index (κ3) is 3.62. The number of rotatable bonds is 6. The lowest BCUT2D eigenvalue weighted by Gasteiger charge is -2.57. The Kier molecular flexibility index (Phi) is 3.92. The van der Waals surface area contributed by atoms with Gasteiger partial charge in [-0.2, -0.15) is 0 Å². The van der Waals surface area contributed by atoms with Gasteiger partial charge < -0.3 is 10.6 Å². The standard InChI is InChI=1S/C20H32N2O2/c1-19(2,21-17(23)8-13-3-4-13)12-18(24)22-20-9-14-5-15(10-20)7-16(6-14)11-20/h13-16H,3-12H2,1-2H3,(H,21,23)(H,22,24). The van der Waals surface area contributed by atoms with Crippen LogP contribution in [-0.2, 0) is 9.59 Å². The number of nitrogens with one attached hydrogen (secondary N) is 2. The minimum atomic E-state index is -0.460. The fraction of sp³-hybridized carbons (Fsp3) is 0.900. The van der Waals surface area contributed by atoms with Crippen molar-refractivity contribution < 1.29 is 9.59 Å². The summed E-state index contributed by atoms with van der Waals surface area (Å²) in [7, 11) is 0.